The Morgan fingerprint density at radius 2 is 1.81 bits per heavy atom. The fraction of sp³-hybridized carbons (Fsp3) is 0.588. The van der Waals surface area contributed by atoms with E-state index in [-0.39, 0.29) is 30.3 Å². The maximum Gasteiger partial charge on any atom is 0.251 e. The summed E-state index contributed by atoms with van der Waals surface area (Å²) in [5, 5.41) is 2.58. The van der Waals surface area contributed by atoms with Crippen LogP contribution < -0.4 is 5.32 Å². The third kappa shape index (κ3) is 6.87. The van der Waals surface area contributed by atoms with Gasteiger partial charge >= 0.3 is 0 Å². The summed E-state index contributed by atoms with van der Waals surface area (Å²) in [4.78, 5) is 12.2. The van der Waals surface area contributed by atoms with E-state index in [9.17, 15) is 21.6 Å². The molecule has 0 aliphatic carbocycles. The van der Waals surface area contributed by atoms with E-state index in [0.717, 1.165) is 6.26 Å². The summed E-state index contributed by atoms with van der Waals surface area (Å²) in [6, 6.07) is 6.28. The Morgan fingerprint density at radius 1 is 1.19 bits per heavy atom. The molecule has 2 atom stereocenters. The average molecular weight is 419 g/mol. The minimum atomic E-state index is -3.50. The molecule has 8 nitrogen and oxygen atoms in total. The van der Waals surface area contributed by atoms with Crippen LogP contribution in [0.4, 0.5) is 0 Å². The lowest BCUT2D eigenvalue weighted by atomic mass is 10.1. The van der Waals surface area contributed by atoms with Crippen molar-refractivity contribution >= 4 is 25.8 Å². The van der Waals surface area contributed by atoms with Gasteiger partial charge in [0, 0.05) is 31.5 Å². The molecule has 0 aromatic heterocycles. The van der Waals surface area contributed by atoms with Crippen molar-refractivity contribution in [3.05, 3.63) is 35.4 Å². The fourth-order valence-electron chi connectivity index (χ4n) is 2.99. The Bertz CT molecular complexity index is 872. The van der Waals surface area contributed by atoms with Crippen LogP contribution in [0.15, 0.2) is 24.3 Å². The number of nitrogens with zero attached hydrogens (tertiary/aromatic N) is 1. The molecule has 0 spiro atoms. The van der Waals surface area contributed by atoms with Gasteiger partial charge in [0.2, 0.25) is 10.0 Å². The number of rotatable bonds is 7. The van der Waals surface area contributed by atoms with E-state index in [1.165, 1.54) is 10.4 Å². The van der Waals surface area contributed by atoms with Crippen molar-refractivity contribution in [1.82, 2.24) is 9.62 Å². The highest BCUT2D eigenvalue weighted by Gasteiger charge is 2.30. The minimum Gasteiger partial charge on any atom is -0.373 e. The van der Waals surface area contributed by atoms with E-state index in [1.54, 1.807) is 18.2 Å². The summed E-state index contributed by atoms with van der Waals surface area (Å²) in [6.07, 6.45) is 0.782. The van der Waals surface area contributed by atoms with Crippen molar-refractivity contribution in [2.75, 3.05) is 31.6 Å². The van der Waals surface area contributed by atoms with Crippen molar-refractivity contribution in [1.29, 1.82) is 0 Å². The molecular weight excluding hydrogens is 392 g/mol. The number of carbonyl (C=O) groups excluding carboxylic acids is 1. The Balaban J connectivity index is 1.93. The Morgan fingerprint density at radius 3 is 2.41 bits per heavy atom. The number of morpholine rings is 1. The zero-order chi connectivity index (χ0) is 20.2. The van der Waals surface area contributed by atoms with Gasteiger partial charge in [0.15, 0.2) is 9.84 Å². The van der Waals surface area contributed by atoms with E-state index in [4.69, 9.17) is 4.74 Å². The van der Waals surface area contributed by atoms with E-state index < -0.39 is 25.8 Å². The second kappa shape index (κ2) is 8.68. The molecule has 1 saturated heterocycles. The average Bonchev–Trinajstić information content (AvgIpc) is 2.52. The molecule has 0 bridgehead atoms. The van der Waals surface area contributed by atoms with Gasteiger partial charge in [-0.05, 0) is 31.5 Å². The molecule has 2 rings (SSSR count). The fourth-order valence-corrected chi connectivity index (χ4v) is 5.27. The molecule has 1 aromatic carbocycles. The van der Waals surface area contributed by atoms with Gasteiger partial charge in [0.25, 0.3) is 5.91 Å². The molecule has 1 aromatic rings. The Labute approximate surface area is 160 Å². The number of sulfonamides is 1. The highest BCUT2D eigenvalue weighted by Crippen LogP contribution is 2.14. The van der Waals surface area contributed by atoms with E-state index >= 15 is 0 Å². The van der Waals surface area contributed by atoms with Gasteiger partial charge < -0.3 is 10.1 Å². The maximum absolute atomic E-state index is 12.5. The molecule has 1 aliphatic heterocycles. The predicted molar refractivity (Wildman–Crippen MR) is 103 cm³/mol. The van der Waals surface area contributed by atoms with Gasteiger partial charge in [0.1, 0.15) is 0 Å². The first kappa shape index (κ1) is 21.8. The zero-order valence-corrected chi connectivity index (χ0v) is 17.3. The maximum atomic E-state index is 12.5. The number of hydrogen-bond donors (Lipinski definition) is 1. The zero-order valence-electron chi connectivity index (χ0n) is 15.7. The van der Waals surface area contributed by atoms with E-state index in [1.807, 2.05) is 13.8 Å². The first-order chi connectivity index (χ1) is 12.5. The summed E-state index contributed by atoms with van der Waals surface area (Å²) in [5.74, 6) is -0.804. The van der Waals surface area contributed by atoms with Crippen LogP contribution in [0.2, 0.25) is 0 Å². The van der Waals surface area contributed by atoms with E-state index in [2.05, 4.69) is 5.32 Å². The van der Waals surface area contributed by atoms with Crippen LogP contribution in [0.3, 0.4) is 0 Å². The Hall–Kier alpha value is -1.49. The molecule has 1 heterocycles. The largest absolute Gasteiger partial charge is 0.373 e. The number of carbonyl (C=O) groups is 1. The summed E-state index contributed by atoms with van der Waals surface area (Å²) in [5.41, 5.74) is 0.802. The van der Waals surface area contributed by atoms with Crippen LogP contribution in [0.5, 0.6) is 0 Å². The molecule has 1 fully saturated rings. The molecule has 0 saturated carbocycles. The van der Waals surface area contributed by atoms with Crippen molar-refractivity contribution in [3.8, 4) is 0 Å². The van der Waals surface area contributed by atoms with Crippen LogP contribution in [0.1, 0.15) is 29.8 Å². The molecule has 1 N–H and O–H groups in total. The quantitative estimate of drug-likeness (QED) is 0.686. The summed E-state index contributed by atoms with van der Waals surface area (Å²) in [6.45, 7) is 4.22. The van der Waals surface area contributed by atoms with Crippen LogP contribution in [0.25, 0.3) is 0 Å². The third-order valence-corrected chi connectivity index (χ3v) is 6.71. The molecule has 27 heavy (non-hydrogen) atoms. The van der Waals surface area contributed by atoms with Gasteiger partial charge in [-0.15, -0.1) is 0 Å². The van der Waals surface area contributed by atoms with Crippen molar-refractivity contribution in [2.45, 2.75) is 31.8 Å². The monoisotopic (exact) mass is 418 g/mol. The molecule has 2 unspecified atom stereocenters. The molecule has 1 amide bonds. The number of sulfone groups is 1. The smallest absolute Gasteiger partial charge is 0.251 e. The minimum absolute atomic E-state index is 0.0302. The number of amides is 1. The van der Waals surface area contributed by atoms with Crippen molar-refractivity contribution < 1.29 is 26.4 Å². The molecule has 0 radical (unpaired) electrons. The third-order valence-electron chi connectivity index (χ3n) is 4.04. The standard InChI is InChI=1S/C17H26N2O6S2/c1-13-10-19(11-14(2)25-13)27(23,24)8-7-18-17(20)16-6-4-5-15(9-16)12-26(3,21)22/h4-6,9,13-14H,7-8,10-12H2,1-3H3,(H,18,20). The summed E-state index contributed by atoms with van der Waals surface area (Å²) in [7, 11) is -6.70. The lowest BCUT2D eigenvalue weighted by Crippen LogP contribution is -2.49. The highest BCUT2D eigenvalue weighted by molar-refractivity contribution is 7.90. The lowest BCUT2D eigenvalue weighted by Gasteiger charge is -2.34. The van der Waals surface area contributed by atoms with Gasteiger partial charge in [0.05, 0.1) is 23.7 Å². The van der Waals surface area contributed by atoms with Gasteiger partial charge in [-0.3, -0.25) is 4.79 Å². The van der Waals surface area contributed by atoms with Crippen molar-refractivity contribution in [2.24, 2.45) is 0 Å². The molecule has 152 valence electrons. The number of hydrogen-bond acceptors (Lipinski definition) is 6. The number of nitrogens with one attached hydrogen (secondary N) is 1. The lowest BCUT2D eigenvalue weighted by molar-refractivity contribution is -0.0440. The SMILES string of the molecule is CC1CN(S(=O)(=O)CCNC(=O)c2cccc(CS(C)(=O)=O)c2)CC(C)O1. The number of ether oxygens (including phenoxy) is 1. The molecular formula is C17H26N2O6S2. The normalized spacial score (nSPS) is 21.7. The second-order valence-electron chi connectivity index (χ2n) is 6.92. The molecule has 1 aliphatic rings. The topological polar surface area (TPSA) is 110 Å². The first-order valence-electron chi connectivity index (χ1n) is 8.64. The first-order valence-corrected chi connectivity index (χ1v) is 12.3. The molecule has 10 heteroatoms. The Kier molecular flexibility index (Phi) is 7.01. The van der Waals surface area contributed by atoms with Gasteiger partial charge in [-0.1, -0.05) is 12.1 Å². The predicted octanol–water partition coefficient (Wildman–Crippen LogP) is 0.400. The van der Waals surface area contributed by atoms with Crippen LogP contribution in [-0.4, -0.2) is 70.9 Å². The summed E-state index contributed by atoms with van der Waals surface area (Å²) >= 11 is 0. The van der Waals surface area contributed by atoms with Gasteiger partial charge in [-0.25, -0.2) is 16.8 Å². The summed E-state index contributed by atoms with van der Waals surface area (Å²) < 4.78 is 54.6. The highest BCUT2D eigenvalue weighted by atomic mass is 32.2. The van der Waals surface area contributed by atoms with Gasteiger partial charge in [-0.2, -0.15) is 4.31 Å². The van der Waals surface area contributed by atoms with E-state index in [0.29, 0.717) is 24.2 Å². The van der Waals surface area contributed by atoms with Crippen LogP contribution in [-0.2, 0) is 30.4 Å². The number of benzene rings is 1. The van der Waals surface area contributed by atoms with Crippen molar-refractivity contribution in [3.63, 3.8) is 0 Å². The van der Waals surface area contributed by atoms with Crippen LogP contribution >= 0.6 is 0 Å². The van der Waals surface area contributed by atoms with Crippen LogP contribution in [0, 0.1) is 0 Å². The second-order valence-corrected chi connectivity index (χ2v) is 11.1.